The van der Waals surface area contributed by atoms with Crippen molar-refractivity contribution in [3.8, 4) is 0 Å². The van der Waals surface area contributed by atoms with Crippen molar-refractivity contribution in [1.29, 1.82) is 0 Å². The minimum atomic E-state index is 0.481. The highest BCUT2D eigenvalue weighted by Crippen LogP contribution is 2.14. The largest absolute Gasteiger partial charge is 0.383 e. The summed E-state index contributed by atoms with van der Waals surface area (Å²) in [5.41, 5.74) is 7.08. The van der Waals surface area contributed by atoms with Gasteiger partial charge in [0, 0.05) is 5.39 Å². The molecule has 1 aromatic carbocycles. The number of benzene rings is 1. The highest BCUT2D eigenvalue weighted by molar-refractivity contribution is 6.38. The number of aryl methyl sites for hydroxylation is 1. The summed E-state index contributed by atoms with van der Waals surface area (Å²) < 4.78 is 0. The molecule has 0 atom stereocenters. The predicted octanol–water partition coefficient (Wildman–Crippen LogP) is 0.314. The molecule has 0 amide bonds. The van der Waals surface area contributed by atoms with E-state index >= 15 is 0 Å². The van der Waals surface area contributed by atoms with Crippen LogP contribution in [0.15, 0.2) is 18.2 Å². The van der Waals surface area contributed by atoms with Crippen molar-refractivity contribution < 1.29 is 0 Å². The third kappa shape index (κ3) is 1.24. The van der Waals surface area contributed by atoms with Crippen LogP contribution in [0.3, 0.4) is 0 Å². The number of hydrogen-bond acceptors (Lipinski definition) is 3. The minimum Gasteiger partial charge on any atom is -0.383 e. The van der Waals surface area contributed by atoms with Gasteiger partial charge in [-0.25, -0.2) is 9.97 Å². The average molecular weight is 169 g/mol. The maximum atomic E-state index is 5.75. The molecule has 0 aliphatic rings. The van der Waals surface area contributed by atoms with Crippen molar-refractivity contribution in [2.45, 2.75) is 6.92 Å². The van der Waals surface area contributed by atoms with Gasteiger partial charge >= 0.3 is 0 Å². The van der Waals surface area contributed by atoms with Gasteiger partial charge in [0.2, 0.25) is 0 Å². The van der Waals surface area contributed by atoms with Crippen LogP contribution in [0.4, 0.5) is 5.82 Å². The van der Waals surface area contributed by atoms with Crippen LogP contribution in [0.5, 0.6) is 0 Å². The maximum Gasteiger partial charge on any atom is 0.134 e. The summed E-state index contributed by atoms with van der Waals surface area (Å²) in [5.74, 6) is 1.12. The predicted molar refractivity (Wildman–Crippen MR) is 54.1 cm³/mol. The Bertz CT molecular complexity index is 468. The summed E-state index contributed by atoms with van der Waals surface area (Å²) in [6, 6.07) is 5.50. The number of rotatable bonds is 0. The van der Waals surface area contributed by atoms with Crippen LogP contribution in [0, 0.1) is 6.92 Å². The van der Waals surface area contributed by atoms with Gasteiger partial charge in [0.1, 0.15) is 19.5 Å². The van der Waals surface area contributed by atoms with E-state index in [9.17, 15) is 0 Å². The molecule has 13 heavy (non-hydrogen) atoms. The summed E-state index contributed by atoms with van der Waals surface area (Å²) >= 11 is 0. The molecule has 0 spiro atoms. The molecule has 0 aliphatic carbocycles. The summed E-state index contributed by atoms with van der Waals surface area (Å²) in [6.45, 7) is 1.79. The fourth-order valence-corrected chi connectivity index (χ4v) is 1.31. The number of nitrogens with two attached hydrogens (primary N) is 1. The molecular weight excluding hydrogens is 161 g/mol. The second-order valence-electron chi connectivity index (χ2n) is 2.90. The molecule has 62 valence electrons. The Morgan fingerprint density at radius 2 is 2.08 bits per heavy atom. The molecule has 0 aliphatic heterocycles. The molecule has 1 aromatic heterocycles. The van der Waals surface area contributed by atoms with Crippen LogP contribution in [0.1, 0.15) is 5.82 Å². The van der Waals surface area contributed by atoms with Crippen LogP contribution in [-0.2, 0) is 0 Å². The first-order valence-electron chi connectivity index (χ1n) is 3.97. The van der Waals surface area contributed by atoms with E-state index in [4.69, 9.17) is 13.6 Å². The molecule has 0 saturated heterocycles. The van der Waals surface area contributed by atoms with Crippen molar-refractivity contribution in [3.05, 3.63) is 24.0 Å². The first kappa shape index (κ1) is 8.04. The summed E-state index contributed by atoms with van der Waals surface area (Å²) in [6.07, 6.45) is 0. The SMILES string of the molecule is [B]c1cccc2c(N)nc(C)nc12. The van der Waals surface area contributed by atoms with E-state index in [1.807, 2.05) is 12.1 Å². The number of para-hydroxylation sites is 1. The standard InChI is InChI=1S/C9H8BN3/c1-5-12-8-6(9(11)13-5)3-2-4-7(8)10/h2-4H,1H3,(H2,11,12,13). The average Bonchev–Trinajstić information content (AvgIpc) is 2.07. The zero-order chi connectivity index (χ0) is 9.42. The molecule has 0 bridgehead atoms. The number of fused-ring (bicyclic) bond motifs is 1. The molecule has 0 fully saturated rings. The highest BCUT2D eigenvalue weighted by atomic mass is 14.9. The van der Waals surface area contributed by atoms with Gasteiger partial charge in [0.15, 0.2) is 0 Å². The summed E-state index contributed by atoms with van der Waals surface area (Å²) in [4.78, 5) is 8.27. The Balaban J connectivity index is 2.94. The number of hydrogen-bond donors (Lipinski definition) is 1. The van der Waals surface area contributed by atoms with Gasteiger partial charge in [0.05, 0.1) is 5.52 Å². The second-order valence-corrected chi connectivity index (χ2v) is 2.90. The lowest BCUT2D eigenvalue weighted by molar-refractivity contribution is 1.10. The van der Waals surface area contributed by atoms with E-state index < -0.39 is 0 Å². The number of aromatic nitrogens is 2. The van der Waals surface area contributed by atoms with Crippen molar-refractivity contribution in [1.82, 2.24) is 9.97 Å². The van der Waals surface area contributed by atoms with Crippen molar-refractivity contribution >= 4 is 30.0 Å². The van der Waals surface area contributed by atoms with Crippen molar-refractivity contribution in [2.75, 3.05) is 5.73 Å². The normalized spacial score (nSPS) is 10.5. The lowest BCUT2D eigenvalue weighted by Crippen LogP contribution is -2.08. The number of anilines is 1. The van der Waals surface area contributed by atoms with Gasteiger partial charge in [0.25, 0.3) is 0 Å². The van der Waals surface area contributed by atoms with Crippen LogP contribution in [0.25, 0.3) is 10.9 Å². The van der Waals surface area contributed by atoms with E-state index in [-0.39, 0.29) is 0 Å². The molecule has 0 unspecified atom stereocenters. The van der Waals surface area contributed by atoms with Crippen LogP contribution >= 0.6 is 0 Å². The summed E-state index contributed by atoms with van der Waals surface area (Å²) in [5, 5.41) is 0.811. The van der Waals surface area contributed by atoms with Crippen LogP contribution in [0.2, 0.25) is 0 Å². The van der Waals surface area contributed by atoms with Crippen LogP contribution in [-0.4, -0.2) is 17.8 Å². The molecule has 2 aromatic rings. The zero-order valence-corrected chi connectivity index (χ0v) is 7.28. The molecule has 0 saturated carbocycles. The fourth-order valence-electron chi connectivity index (χ4n) is 1.31. The Labute approximate surface area is 77.4 Å². The topological polar surface area (TPSA) is 51.8 Å². The third-order valence-corrected chi connectivity index (χ3v) is 1.90. The van der Waals surface area contributed by atoms with Gasteiger partial charge < -0.3 is 5.73 Å². The van der Waals surface area contributed by atoms with E-state index in [0.29, 0.717) is 17.1 Å². The molecule has 2 rings (SSSR count). The lowest BCUT2D eigenvalue weighted by atomic mass is 9.93. The number of nitrogens with zero attached hydrogens (tertiary/aromatic N) is 2. The first-order valence-corrected chi connectivity index (χ1v) is 3.97. The fraction of sp³-hybridized carbons (Fsp3) is 0.111. The quantitative estimate of drug-likeness (QED) is 0.577. The van der Waals surface area contributed by atoms with E-state index in [1.54, 1.807) is 13.0 Å². The molecule has 4 heteroatoms. The van der Waals surface area contributed by atoms with Gasteiger partial charge in [-0.15, -0.1) is 0 Å². The lowest BCUT2D eigenvalue weighted by Gasteiger charge is -2.04. The monoisotopic (exact) mass is 169 g/mol. The molecule has 1 heterocycles. The van der Waals surface area contributed by atoms with Gasteiger partial charge in [-0.05, 0) is 13.0 Å². The maximum absolute atomic E-state index is 5.75. The van der Waals surface area contributed by atoms with Gasteiger partial charge in [-0.3, -0.25) is 0 Å². The van der Waals surface area contributed by atoms with E-state index in [1.165, 1.54) is 0 Å². The van der Waals surface area contributed by atoms with Crippen molar-refractivity contribution in [3.63, 3.8) is 0 Å². The zero-order valence-electron chi connectivity index (χ0n) is 7.28. The Hall–Kier alpha value is -1.58. The highest BCUT2D eigenvalue weighted by Gasteiger charge is 2.02. The Morgan fingerprint density at radius 3 is 2.85 bits per heavy atom. The van der Waals surface area contributed by atoms with E-state index in [0.717, 1.165) is 10.9 Å². The Morgan fingerprint density at radius 1 is 1.31 bits per heavy atom. The first-order chi connectivity index (χ1) is 6.18. The third-order valence-electron chi connectivity index (χ3n) is 1.90. The minimum absolute atomic E-state index is 0.481. The molecular formula is C9H8BN3. The van der Waals surface area contributed by atoms with Gasteiger partial charge in [-0.2, -0.15) is 0 Å². The number of nitrogen functional groups attached to an aromatic ring is 1. The van der Waals surface area contributed by atoms with Crippen molar-refractivity contribution in [2.24, 2.45) is 0 Å². The Kier molecular flexibility index (Phi) is 1.69. The van der Waals surface area contributed by atoms with Gasteiger partial charge in [-0.1, -0.05) is 17.6 Å². The van der Waals surface area contributed by atoms with E-state index in [2.05, 4.69) is 9.97 Å². The molecule has 2 N–H and O–H groups in total. The summed E-state index contributed by atoms with van der Waals surface area (Å²) in [7, 11) is 5.75. The molecule has 3 nitrogen and oxygen atoms in total. The second kappa shape index (κ2) is 2.73. The molecule has 2 radical (unpaired) electrons. The van der Waals surface area contributed by atoms with Crippen LogP contribution < -0.4 is 11.2 Å². The smallest absolute Gasteiger partial charge is 0.134 e.